The van der Waals surface area contributed by atoms with Gasteiger partial charge in [-0.2, -0.15) is 11.8 Å². The molecule has 0 radical (unpaired) electrons. The average molecular weight is 131 g/mol. The van der Waals surface area contributed by atoms with Crippen LogP contribution in [-0.2, 0) is 0 Å². The smallest absolute Gasteiger partial charge is 0.000956 e. The third kappa shape index (κ3) is 6.02. The van der Waals surface area contributed by atoms with Gasteiger partial charge in [0.15, 0.2) is 0 Å². The summed E-state index contributed by atoms with van der Waals surface area (Å²) in [5.41, 5.74) is 0. The zero-order valence-electron chi connectivity index (χ0n) is 5.48. The second-order valence-electron chi connectivity index (χ2n) is 1.91. The van der Waals surface area contributed by atoms with Crippen LogP contribution in [0, 0.1) is 5.41 Å². The van der Waals surface area contributed by atoms with Gasteiger partial charge in [-0.3, -0.25) is 0 Å². The van der Waals surface area contributed by atoms with Crippen LogP contribution in [0.2, 0.25) is 0 Å². The highest BCUT2D eigenvalue weighted by molar-refractivity contribution is 7.99. The van der Waals surface area contributed by atoms with Crippen LogP contribution in [0.3, 0.4) is 0 Å². The monoisotopic (exact) mass is 131 g/mol. The summed E-state index contributed by atoms with van der Waals surface area (Å²) in [5.74, 6) is 1.10. The first-order valence-corrected chi connectivity index (χ1v) is 3.92. The molecule has 0 aliphatic carbocycles. The van der Waals surface area contributed by atoms with Crippen LogP contribution in [-0.4, -0.2) is 17.2 Å². The van der Waals surface area contributed by atoms with Crippen LogP contribution in [0.15, 0.2) is 0 Å². The Hall–Kier alpha value is 0.0200. The highest BCUT2D eigenvalue weighted by Gasteiger charge is 1.89. The van der Waals surface area contributed by atoms with Crippen LogP contribution in [0.1, 0.15) is 20.3 Å². The molecule has 0 aliphatic rings. The summed E-state index contributed by atoms with van der Waals surface area (Å²) < 4.78 is 0. The van der Waals surface area contributed by atoms with Crippen molar-refractivity contribution < 1.29 is 0 Å². The van der Waals surface area contributed by atoms with Gasteiger partial charge in [0.2, 0.25) is 0 Å². The second kappa shape index (κ2) is 5.16. The maximum atomic E-state index is 6.71. The van der Waals surface area contributed by atoms with Gasteiger partial charge >= 0.3 is 0 Å². The lowest BCUT2D eigenvalue weighted by Crippen LogP contribution is -1.89. The van der Waals surface area contributed by atoms with Crippen LogP contribution in [0.5, 0.6) is 0 Å². The van der Waals surface area contributed by atoms with E-state index >= 15 is 0 Å². The molecule has 0 fully saturated rings. The standard InChI is InChI=1S/C6H13NS/c1-6(2)8-5-3-4-7/h4,6-7H,3,5H2,1-2H3. The van der Waals surface area contributed by atoms with E-state index in [0.717, 1.165) is 17.4 Å². The molecule has 0 aromatic carbocycles. The Kier molecular flexibility index (Phi) is 5.18. The van der Waals surface area contributed by atoms with E-state index in [2.05, 4.69) is 13.8 Å². The molecule has 0 heterocycles. The third-order valence-electron chi connectivity index (χ3n) is 0.713. The molecule has 8 heavy (non-hydrogen) atoms. The van der Waals surface area contributed by atoms with Gasteiger partial charge in [0.05, 0.1) is 0 Å². The molecule has 2 heteroatoms. The zero-order valence-corrected chi connectivity index (χ0v) is 6.29. The summed E-state index contributed by atoms with van der Waals surface area (Å²) in [7, 11) is 0. The summed E-state index contributed by atoms with van der Waals surface area (Å²) in [5, 5.41) is 7.43. The van der Waals surface area contributed by atoms with Gasteiger partial charge < -0.3 is 5.41 Å². The SMILES string of the molecule is CC(C)SCCC=N. The van der Waals surface area contributed by atoms with Crippen molar-refractivity contribution >= 4 is 18.0 Å². The Bertz CT molecular complexity index is 61.5. The molecule has 0 aliphatic heterocycles. The first-order chi connectivity index (χ1) is 3.77. The largest absolute Gasteiger partial charge is 0.313 e. The quantitative estimate of drug-likeness (QED) is 0.459. The predicted octanol–water partition coefficient (Wildman–Crippen LogP) is 2.17. The number of hydrogen-bond acceptors (Lipinski definition) is 2. The lowest BCUT2D eigenvalue weighted by Gasteiger charge is -1.99. The molecule has 0 spiro atoms. The Morgan fingerprint density at radius 2 is 2.25 bits per heavy atom. The van der Waals surface area contributed by atoms with Gasteiger partial charge in [-0.1, -0.05) is 13.8 Å². The molecule has 0 rings (SSSR count). The van der Waals surface area contributed by atoms with Crippen molar-refractivity contribution in [2.75, 3.05) is 5.75 Å². The van der Waals surface area contributed by atoms with E-state index in [1.54, 1.807) is 0 Å². The van der Waals surface area contributed by atoms with E-state index in [9.17, 15) is 0 Å². The zero-order chi connectivity index (χ0) is 6.41. The van der Waals surface area contributed by atoms with Gasteiger partial charge in [-0.05, 0) is 23.6 Å². The van der Waals surface area contributed by atoms with Crippen molar-refractivity contribution in [2.45, 2.75) is 25.5 Å². The van der Waals surface area contributed by atoms with Crippen molar-refractivity contribution in [1.82, 2.24) is 0 Å². The molecule has 0 unspecified atom stereocenters. The summed E-state index contributed by atoms with van der Waals surface area (Å²) in [4.78, 5) is 0. The number of rotatable bonds is 4. The molecule has 0 aromatic rings. The van der Waals surface area contributed by atoms with E-state index in [0.29, 0.717) is 0 Å². The predicted molar refractivity (Wildman–Crippen MR) is 41.0 cm³/mol. The average Bonchev–Trinajstić information content (AvgIpc) is 1.66. The Labute approximate surface area is 55.4 Å². The normalized spacial score (nSPS) is 9.88. The fourth-order valence-electron chi connectivity index (χ4n) is 0.363. The molecule has 0 saturated carbocycles. The van der Waals surface area contributed by atoms with Crippen LogP contribution in [0.4, 0.5) is 0 Å². The highest BCUT2D eigenvalue weighted by Crippen LogP contribution is 2.08. The Morgan fingerprint density at radius 3 is 2.62 bits per heavy atom. The van der Waals surface area contributed by atoms with E-state index < -0.39 is 0 Å². The number of thioether (sulfide) groups is 1. The van der Waals surface area contributed by atoms with Gasteiger partial charge in [0, 0.05) is 0 Å². The Morgan fingerprint density at radius 1 is 1.62 bits per heavy atom. The molecule has 0 aromatic heterocycles. The molecule has 0 bridgehead atoms. The van der Waals surface area contributed by atoms with E-state index in [1.807, 2.05) is 11.8 Å². The van der Waals surface area contributed by atoms with Crippen molar-refractivity contribution in [2.24, 2.45) is 0 Å². The molecule has 0 saturated heterocycles. The van der Waals surface area contributed by atoms with Crippen molar-refractivity contribution in [1.29, 1.82) is 5.41 Å². The molecule has 48 valence electrons. The minimum Gasteiger partial charge on any atom is -0.313 e. The van der Waals surface area contributed by atoms with E-state index in [-0.39, 0.29) is 0 Å². The van der Waals surface area contributed by atoms with Crippen molar-refractivity contribution in [3.63, 3.8) is 0 Å². The van der Waals surface area contributed by atoms with Crippen molar-refractivity contribution in [3.8, 4) is 0 Å². The topological polar surface area (TPSA) is 23.9 Å². The second-order valence-corrected chi connectivity index (χ2v) is 3.60. The lowest BCUT2D eigenvalue weighted by atomic mass is 10.5. The first-order valence-electron chi connectivity index (χ1n) is 2.88. The maximum absolute atomic E-state index is 6.71. The fourth-order valence-corrected chi connectivity index (χ4v) is 1.09. The van der Waals surface area contributed by atoms with Gasteiger partial charge in [-0.25, -0.2) is 0 Å². The van der Waals surface area contributed by atoms with Crippen molar-refractivity contribution in [3.05, 3.63) is 0 Å². The van der Waals surface area contributed by atoms with Crippen LogP contribution < -0.4 is 0 Å². The summed E-state index contributed by atoms with van der Waals surface area (Å²) in [6.07, 6.45) is 2.39. The Balaban J connectivity index is 2.81. The van der Waals surface area contributed by atoms with E-state index in [1.165, 1.54) is 6.21 Å². The van der Waals surface area contributed by atoms with E-state index in [4.69, 9.17) is 5.41 Å². The van der Waals surface area contributed by atoms with Gasteiger partial charge in [0.25, 0.3) is 0 Å². The number of hydrogen-bond donors (Lipinski definition) is 1. The summed E-state index contributed by atoms with van der Waals surface area (Å²) in [6, 6.07) is 0. The highest BCUT2D eigenvalue weighted by atomic mass is 32.2. The minimum absolute atomic E-state index is 0.718. The van der Waals surface area contributed by atoms with Gasteiger partial charge in [0.1, 0.15) is 0 Å². The fraction of sp³-hybridized carbons (Fsp3) is 0.833. The molecule has 1 nitrogen and oxygen atoms in total. The maximum Gasteiger partial charge on any atom is -0.000956 e. The molecular formula is C6H13NS. The molecule has 1 N–H and O–H groups in total. The molecule has 0 atom stereocenters. The summed E-state index contributed by atoms with van der Waals surface area (Å²) >= 11 is 1.90. The molecule has 0 amide bonds. The third-order valence-corrected chi connectivity index (χ3v) is 1.85. The number of nitrogens with one attached hydrogen (secondary N) is 1. The summed E-state index contributed by atoms with van der Waals surface area (Å²) in [6.45, 7) is 4.35. The van der Waals surface area contributed by atoms with Gasteiger partial charge in [-0.15, -0.1) is 0 Å². The minimum atomic E-state index is 0.718. The first kappa shape index (κ1) is 8.02. The molecular weight excluding hydrogens is 118 g/mol. The van der Waals surface area contributed by atoms with Crippen LogP contribution >= 0.6 is 11.8 Å². The lowest BCUT2D eigenvalue weighted by molar-refractivity contribution is 1.11. The van der Waals surface area contributed by atoms with Crippen LogP contribution in [0.25, 0.3) is 0 Å².